The van der Waals surface area contributed by atoms with E-state index in [1.165, 1.54) is 10.4 Å². The van der Waals surface area contributed by atoms with Crippen LogP contribution in [0.2, 0.25) is 0 Å². The van der Waals surface area contributed by atoms with Crippen molar-refractivity contribution < 1.29 is 13.5 Å². The Bertz CT molecular complexity index is 629. The second-order valence-corrected chi connectivity index (χ2v) is 7.39. The fraction of sp³-hybridized carbons (Fsp3) is 0.462. The largest absolute Gasteiger partial charge is 0.396 e. The first-order valence-corrected chi connectivity index (χ1v) is 8.22. The molecule has 0 saturated carbocycles. The van der Waals surface area contributed by atoms with Crippen LogP contribution in [0.5, 0.6) is 0 Å². The average molecular weight is 314 g/mol. The molecule has 0 aliphatic carbocycles. The summed E-state index contributed by atoms with van der Waals surface area (Å²) in [5.74, 6) is 0.0175. The average Bonchev–Trinajstić information content (AvgIpc) is 2.88. The van der Waals surface area contributed by atoms with Crippen molar-refractivity contribution in [3.05, 3.63) is 29.3 Å². The summed E-state index contributed by atoms with van der Waals surface area (Å²) in [6, 6.07) is 4.96. The molecular formula is C13H18N2O3S2. The van der Waals surface area contributed by atoms with Crippen LogP contribution in [0, 0.1) is 12.8 Å². The molecule has 1 heterocycles. The van der Waals surface area contributed by atoms with Gasteiger partial charge < -0.3 is 10.8 Å². The van der Waals surface area contributed by atoms with Gasteiger partial charge in [0.2, 0.25) is 10.0 Å². The monoisotopic (exact) mass is 314 g/mol. The number of nitrogens with two attached hydrogens (primary N) is 1. The number of sulfonamides is 1. The predicted molar refractivity (Wildman–Crippen MR) is 81.0 cm³/mol. The number of aliphatic hydroxyl groups is 1. The molecule has 20 heavy (non-hydrogen) atoms. The van der Waals surface area contributed by atoms with Gasteiger partial charge in [-0.2, -0.15) is 4.31 Å². The Morgan fingerprint density at radius 2 is 2.25 bits per heavy atom. The van der Waals surface area contributed by atoms with Gasteiger partial charge in [0.25, 0.3) is 0 Å². The SMILES string of the molecule is Cc1ccc(C(N)=S)cc1S(=O)(=O)N1CCC(CO)C1. The van der Waals surface area contributed by atoms with Crippen LogP contribution in [0.4, 0.5) is 0 Å². The van der Waals surface area contributed by atoms with Crippen molar-refractivity contribution in [3.8, 4) is 0 Å². The molecule has 2 rings (SSSR count). The second kappa shape index (κ2) is 5.77. The lowest BCUT2D eigenvalue weighted by Crippen LogP contribution is -2.30. The number of benzene rings is 1. The first kappa shape index (κ1) is 15.4. The fourth-order valence-corrected chi connectivity index (χ4v) is 4.24. The molecule has 1 aliphatic rings. The van der Waals surface area contributed by atoms with E-state index in [0.717, 1.165) is 0 Å². The molecule has 0 radical (unpaired) electrons. The van der Waals surface area contributed by atoms with Crippen molar-refractivity contribution in [2.24, 2.45) is 11.7 Å². The van der Waals surface area contributed by atoms with Crippen molar-refractivity contribution in [3.63, 3.8) is 0 Å². The van der Waals surface area contributed by atoms with Gasteiger partial charge in [0.1, 0.15) is 4.99 Å². The molecule has 1 atom stereocenters. The maximum absolute atomic E-state index is 12.7. The number of hydrogen-bond donors (Lipinski definition) is 2. The van der Waals surface area contributed by atoms with E-state index in [-0.39, 0.29) is 22.4 Å². The van der Waals surface area contributed by atoms with Crippen LogP contribution in [0.25, 0.3) is 0 Å². The van der Waals surface area contributed by atoms with Gasteiger partial charge >= 0.3 is 0 Å². The predicted octanol–water partition coefficient (Wildman–Crippen LogP) is 0.632. The summed E-state index contributed by atoms with van der Waals surface area (Å²) in [6.45, 7) is 2.55. The van der Waals surface area contributed by atoms with Crippen LogP contribution < -0.4 is 5.73 Å². The number of aliphatic hydroxyl groups excluding tert-OH is 1. The van der Waals surface area contributed by atoms with E-state index in [1.54, 1.807) is 19.1 Å². The summed E-state index contributed by atoms with van der Waals surface area (Å²) in [4.78, 5) is 0.414. The minimum atomic E-state index is -3.56. The number of hydrogen-bond acceptors (Lipinski definition) is 4. The molecule has 3 N–H and O–H groups in total. The third-order valence-corrected chi connectivity index (χ3v) is 5.84. The molecule has 110 valence electrons. The Morgan fingerprint density at radius 3 is 2.80 bits per heavy atom. The highest BCUT2D eigenvalue weighted by Gasteiger charge is 2.33. The van der Waals surface area contributed by atoms with Crippen LogP contribution >= 0.6 is 12.2 Å². The van der Waals surface area contributed by atoms with Gasteiger partial charge in [-0.3, -0.25) is 0 Å². The van der Waals surface area contributed by atoms with Gasteiger partial charge in [0.05, 0.1) is 4.90 Å². The lowest BCUT2D eigenvalue weighted by molar-refractivity contribution is 0.233. The van der Waals surface area contributed by atoms with E-state index in [4.69, 9.17) is 23.1 Å². The van der Waals surface area contributed by atoms with Gasteiger partial charge in [0.15, 0.2) is 0 Å². The Kier molecular flexibility index (Phi) is 4.43. The van der Waals surface area contributed by atoms with Crippen LogP contribution in [-0.4, -0.2) is 42.5 Å². The van der Waals surface area contributed by atoms with Gasteiger partial charge in [0, 0.05) is 25.3 Å². The smallest absolute Gasteiger partial charge is 0.243 e. The summed E-state index contributed by atoms with van der Waals surface area (Å²) in [5.41, 5.74) is 6.77. The molecule has 7 heteroatoms. The quantitative estimate of drug-likeness (QED) is 0.797. The highest BCUT2D eigenvalue weighted by atomic mass is 32.2. The van der Waals surface area contributed by atoms with E-state index in [2.05, 4.69) is 0 Å². The number of thiocarbonyl (C=S) groups is 1. The van der Waals surface area contributed by atoms with Crippen molar-refractivity contribution in [1.29, 1.82) is 0 Å². The number of nitrogens with zero attached hydrogens (tertiary/aromatic N) is 1. The minimum absolute atomic E-state index is 0.0118. The fourth-order valence-electron chi connectivity index (χ4n) is 2.33. The van der Waals surface area contributed by atoms with Crippen LogP contribution in [0.15, 0.2) is 23.1 Å². The van der Waals surface area contributed by atoms with Crippen LogP contribution in [0.3, 0.4) is 0 Å². The van der Waals surface area contributed by atoms with Crippen molar-refractivity contribution >= 4 is 27.2 Å². The Balaban J connectivity index is 2.39. The number of aryl methyl sites for hydroxylation is 1. The first-order valence-electron chi connectivity index (χ1n) is 6.37. The normalized spacial score (nSPS) is 20.2. The zero-order valence-electron chi connectivity index (χ0n) is 11.2. The van der Waals surface area contributed by atoms with E-state index >= 15 is 0 Å². The minimum Gasteiger partial charge on any atom is -0.396 e. The molecule has 0 aromatic heterocycles. The molecule has 0 spiro atoms. The lowest BCUT2D eigenvalue weighted by atomic mass is 10.1. The maximum atomic E-state index is 12.7. The summed E-state index contributed by atoms with van der Waals surface area (Å²) in [7, 11) is -3.56. The molecule has 1 unspecified atom stereocenters. The molecular weight excluding hydrogens is 296 g/mol. The Morgan fingerprint density at radius 1 is 1.55 bits per heavy atom. The van der Waals surface area contributed by atoms with Crippen molar-refractivity contribution in [2.75, 3.05) is 19.7 Å². The Labute approximate surface area is 124 Å². The van der Waals surface area contributed by atoms with E-state index in [9.17, 15) is 8.42 Å². The zero-order valence-corrected chi connectivity index (χ0v) is 12.9. The molecule has 1 saturated heterocycles. The van der Waals surface area contributed by atoms with Gasteiger partial charge in [-0.05, 0) is 30.9 Å². The first-order chi connectivity index (χ1) is 9.36. The third-order valence-electron chi connectivity index (χ3n) is 3.60. The van der Waals surface area contributed by atoms with E-state index < -0.39 is 10.0 Å². The lowest BCUT2D eigenvalue weighted by Gasteiger charge is -2.18. The van der Waals surface area contributed by atoms with Gasteiger partial charge in [-0.15, -0.1) is 0 Å². The summed E-state index contributed by atoms with van der Waals surface area (Å²) >= 11 is 4.90. The number of rotatable bonds is 4. The molecule has 0 amide bonds. The van der Waals surface area contributed by atoms with Crippen molar-refractivity contribution in [1.82, 2.24) is 4.31 Å². The topological polar surface area (TPSA) is 83.6 Å². The standard InChI is InChI=1S/C13H18N2O3S2/c1-9-2-3-11(13(14)19)6-12(9)20(17,18)15-5-4-10(7-15)8-16/h2-3,6,10,16H,4-5,7-8H2,1H3,(H2,14,19). The maximum Gasteiger partial charge on any atom is 0.243 e. The molecule has 1 fully saturated rings. The van der Waals surface area contributed by atoms with E-state index in [0.29, 0.717) is 30.6 Å². The van der Waals surface area contributed by atoms with Crippen LogP contribution in [0.1, 0.15) is 17.5 Å². The third kappa shape index (κ3) is 2.85. The van der Waals surface area contributed by atoms with Crippen molar-refractivity contribution in [2.45, 2.75) is 18.2 Å². The zero-order chi connectivity index (χ0) is 14.9. The second-order valence-electron chi connectivity index (χ2n) is 5.04. The van der Waals surface area contributed by atoms with Gasteiger partial charge in [-0.25, -0.2) is 8.42 Å². The summed E-state index contributed by atoms with van der Waals surface area (Å²) in [5, 5.41) is 9.14. The van der Waals surface area contributed by atoms with E-state index in [1.807, 2.05) is 0 Å². The molecule has 5 nitrogen and oxygen atoms in total. The molecule has 0 bridgehead atoms. The Hall–Kier alpha value is -1.02. The molecule has 1 aromatic rings. The van der Waals surface area contributed by atoms with Crippen LogP contribution in [-0.2, 0) is 10.0 Å². The summed E-state index contributed by atoms with van der Waals surface area (Å²) in [6.07, 6.45) is 0.684. The summed E-state index contributed by atoms with van der Waals surface area (Å²) < 4.78 is 26.7. The highest BCUT2D eigenvalue weighted by molar-refractivity contribution is 7.89. The highest BCUT2D eigenvalue weighted by Crippen LogP contribution is 2.26. The van der Waals surface area contributed by atoms with Gasteiger partial charge in [-0.1, -0.05) is 24.4 Å². The molecule has 1 aromatic carbocycles. The molecule has 1 aliphatic heterocycles.